The summed E-state index contributed by atoms with van der Waals surface area (Å²) in [7, 11) is 0. The minimum atomic E-state index is -0.900. The smallest absolute Gasteiger partial charge is 0.305 e. The van der Waals surface area contributed by atoms with Gasteiger partial charge >= 0.3 is 5.97 Å². The number of carboxylic acid groups (broad SMARTS) is 1. The zero-order chi connectivity index (χ0) is 20.6. The van der Waals surface area contributed by atoms with Gasteiger partial charge in [0.2, 0.25) is 11.8 Å². The summed E-state index contributed by atoms with van der Waals surface area (Å²) in [5.41, 5.74) is 0.463. The third kappa shape index (κ3) is 6.08. The minimum Gasteiger partial charge on any atom is -0.481 e. The molecule has 2 rings (SSSR count). The van der Waals surface area contributed by atoms with Gasteiger partial charge in [0.25, 0.3) is 0 Å². The van der Waals surface area contributed by atoms with Gasteiger partial charge in [-0.25, -0.2) is 0 Å². The van der Waals surface area contributed by atoms with Gasteiger partial charge in [-0.05, 0) is 37.7 Å². The van der Waals surface area contributed by atoms with Crippen molar-refractivity contribution >= 4 is 17.8 Å². The van der Waals surface area contributed by atoms with Crippen molar-refractivity contribution in [1.82, 2.24) is 10.2 Å². The number of nitrogens with zero attached hydrogens (tertiary/aromatic N) is 1. The minimum absolute atomic E-state index is 0.0669. The Labute approximate surface area is 167 Å². The zero-order valence-electron chi connectivity index (χ0n) is 16.9. The quantitative estimate of drug-likeness (QED) is 0.681. The van der Waals surface area contributed by atoms with E-state index in [9.17, 15) is 14.4 Å². The van der Waals surface area contributed by atoms with Gasteiger partial charge in [0.15, 0.2) is 0 Å². The summed E-state index contributed by atoms with van der Waals surface area (Å²) >= 11 is 0. The summed E-state index contributed by atoms with van der Waals surface area (Å²) in [4.78, 5) is 38.2. The first-order chi connectivity index (χ1) is 13.4. The highest BCUT2D eigenvalue weighted by molar-refractivity contribution is 5.81. The molecule has 1 aliphatic heterocycles. The van der Waals surface area contributed by atoms with Crippen molar-refractivity contribution in [2.45, 2.75) is 64.3 Å². The van der Waals surface area contributed by atoms with Crippen LogP contribution in [0.15, 0.2) is 30.3 Å². The van der Waals surface area contributed by atoms with E-state index in [-0.39, 0.29) is 24.2 Å². The van der Waals surface area contributed by atoms with Crippen LogP contribution in [0.1, 0.15) is 57.9 Å². The van der Waals surface area contributed by atoms with Gasteiger partial charge in [-0.15, -0.1) is 0 Å². The lowest BCUT2D eigenvalue weighted by molar-refractivity contribution is -0.140. The fourth-order valence-electron chi connectivity index (χ4n) is 3.82. The highest BCUT2D eigenvalue weighted by atomic mass is 16.4. The topological polar surface area (TPSA) is 86.7 Å². The Bertz CT molecular complexity index is 662. The number of nitrogens with one attached hydrogen (secondary N) is 1. The molecular formula is C22H32N2O4. The molecule has 0 aromatic heterocycles. The Morgan fingerprint density at radius 3 is 2.25 bits per heavy atom. The molecule has 0 atom stereocenters. The van der Waals surface area contributed by atoms with Crippen LogP contribution in [-0.2, 0) is 20.8 Å². The number of piperidine rings is 1. The Hall–Kier alpha value is -2.37. The molecule has 2 N–H and O–H groups in total. The third-order valence-electron chi connectivity index (χ3n) is 5.92. The monoisotopic (exact) mass is 388 g/mol. The van der Waals surface area contributed by atoms with Crippen LogP contribution in [0, 0.1) is 5.92 Å². The van der Waals surface area contributed by atoms with Crippen LogP contribution in [0.3, 0.4) is 0 Å². The summed E-state index contributed by atoms with van der Waals surface area (Å²) in [6.07, 6.45) is 3.55. The van der Waals surface area contributed by atoms with Gasteiger partial charge in [0.1, 0.15) is 0 Å². The Morgan fingerprint density at radius 2 is 1.71 bits per heavy atom. The van der Waals surface area contributed by atoms with Crippen LogP contribution in [0.2, 0.25) is 0 Å². The predicted molar refractivity (Wildman–Crippen MR) is 108 cm³/mol. The van der Waals surface area contributed by atoms with Crippen LogP contribution in [0.4, 0.5) is 0 Å². The molecule has 0 spiro atoms. The number of carboxylic acids is 1. The number of aliphatic carboxylic acids is 1. The average Bonchev–Trinajstić information content (AvgIpc) is 2.72. The fourth-order valence-corrected chi connectivity index (χ4v) is 3.82. The first-order valence-corrected chi connectivity index (χ1v) is 10.2. The first kappa shape index (κ1) is 21.9. The molecule has 1 aromatic carbocycles. The molecule has 6 heteroatoms. The number of hydrogen-bond donors (Lipinski definition) is 2. The average molecular weight is 389 g/mol. The van der Waals surface area contributed by atoms with E-state index in [2.05, 4.69) is 5.32 Å². The number of benzene rings is 1. The molecule has 1 aliphatic rings. The van der Waals surface area contributed by atoms with Crippen LogP contribution >= 0.6 is 0 Å². The number of likely N-dealkylation sites (tertiary alicyclic amines) is 1. The van der Waals surface area contributed by atoms with Crippen LogP contribution in [-0.4, -0.2) is 46.4 Å². The number of amides is 2. The SMILES string of the molecule is CCC(CC)(CC(=O)O)NC(=O)C1CCN(C(=O)CCc2ccccc2)CC1. The second kappa shape index (κ2) is 10.2. The maximum Gasteiger partial charge on any atom is 0.305 e. The maximum atomic E-state index is 12.7. The second-order valence-corrected chi connectivity index (χ2v) is 7.69. The molecular weight excluding hydrogens is 356 g/mol. The Kier molecular flexibility index (Phi) is 8.03. The van der Waals surface area contributed by atoms with Crippen molar-refractivity contribution < 1.29 is 19.5 Å². The number of rotatable bonds is 9. The van der Waals surface area contributed by atoms with Crippen LogP contribution < -0.4 is 5.32 Å². The van der Waals surface area contributed by atoms with Gasteiger partial charge in [-0.2, -0.15) is 0 Å². The zero-order valence-corrected chi connectivity index (χ0v) is 16.9. The molecule has 0 radical (unpaired) electrons. The normalized spacial score (nSPS) is 15.3. The highest BCUT2D eigenvalue weighted by Crippen LogP contribution is 2.24. The third-order valence-corrected chi connectivity index (χ3v) is 5.92. The number of carbonyl (C=O) groups is 3. The Morgan fingerprint density at radius 1 is 1.11 bits per heavy atom. The summed E-state index contributed by atoms with van der Waals surface area (Å²) in [6, 6.07) is 9.95. The highest BCUT2D eigenvalue weighted by Gasteiger charge is 2.34. The molecule has 0 bridgehead atoms. The van der Waals surface area contributed by atoms with Crippen molar-refractivity contribution in [2.24, 2.45) is 5.92 Å². The van der Waals surface area contributed by atoms with Crippen molar-refractivity contribution in [3.05, 3.63) is 35.9 Å². The first-order valence-electron chi connectivity index (χ1n) is 10.2. The fraction of sp³-hybridized carbons (Fsp3) is 0.591. The lowest BCUT2D eigenvalue weighted by Crippen LogP contribution is -2.52. The van der Waals surface area contributed by atoms with Crippen LogP contribution in [0.5, 0.6) is 0 Å². The van der Waals surface area contributed by atoms with Crippen molar-refractivity contribution in [2.75, 3.05) is 13.1 Å². The molecule has 1 aromatic rings. The summed E-state index contributed by atoms with van der Waals surface area (Å²) in [5, 5.41) is 12.2. The van der Waals surface area contributed by atoms with E-state index in [1.807, 2.05) is 49.1 Å². The van der Waals surface area contributed by atoms with E-state index in [0.29, 0.717) is 45.2 Å². The van der Waals surface area contributed by atoms with E-state index in [1.54, 1.807) is 0 Å². The standard InChI is InChI=1S/C22H32N2O4/c1-3-22(4-2,16-20(26)27)23-21(28)18-12-14-24(15-13-18)19(25)11-10-17-8-6-5-7-9-17/h5-9,18H,3-4,10-16H2,1-2H3,(H,23,28)(H,26,27). The largest absolute Gasteiger partial charge is 0.481 e. The molecule has 2 amide bonds. The molecule has 1 heterocycles. The van der Waals surface area contributed by atoms with Crippen molar-refractivity contribution in [3.8, 4) is 0 Å². The van der Waals surface area contributed by atoms with Gasteiger partial charge in [0.05, 0.1) is 6.42 Å². The van der Waals surface area contributed by atoms with Crippen molar-refractivity contribution in [1.29, 1.82) is 0 Å². The predicted octanol–water partition coefficient (Wildman–Crippen LogP) is 3.01. The summed E-state index contributed by atoms with van der Waals surface area (Å²) in [6.45, 7) is 4.97. The van der Waals surface area contributed by atoms with E-state index in [0.717, 1.165) is 12.0 Å². The molecule has 0 saturated carbocycles. The summed E-state index contributed by atoms with van der Waals surface area (Å²) < 4.78 is 0. The van der Waals surface area contributed by atoms with E-state index in [4.69, 9.17) is 5.11 Å². The lowest BCUT2D eigenvalue weighted by atomic mass is 9.87. The lowest BCUT2D eigenvalue weighted by Gasteiger charge is -2.36. The molecule has 0 aliphatic carbocycles. The van der Waals surface area contributed by atoms with Gasteiger partial charge in [0, 0.05) is 31.0 Å². The van der Waals surface area contributed by atoms with Crippen LogP contribution in [0.25, 0.3) is 0 Å². The van der Waals surface area contributed by atoms with E-state index < -0.39 is 11.5 Å². The maximum absolute atomic E-state index is 12.7. The Balaban J connectivity index is 1.82. The second-order valence-electron chi connectivity index (χ2n) is 7.69. The molecule has 1 fully saturated rings. The number of hydrogen-bond acceptors (Lipinski definition) is 3. The number of carbonyl (C=O) groups excluding carboxylic acids is 2. The van der Waals surface area contributed by atoms with E-state index >= 15 is 0 Å². The van der Waals surface area contributed by atoms with E-state index in [1.165, 1.54) is 0 Å². The van der Waals surface area contributed by atoms with Gasteiger partial charge in [-0.3, -0.25) is 14.4 Å². The summed E-state index contributed by atoms with van der Waals surface area (Å²) in [5.74, 6) is -1.02. The molecule has 1 saturated heterocycles. The molecule has 154 valence electrons. The molecule has 6 nitrogen and oxygen atoms in total. The molecule has 28 heavy (non-hydrogen) atoms. The van der Waals surface area contributed by atoms with Crippen molar-refractivity contribution in [3.63, 3.8) is 0 Å². The molecule has 0 unspecified atom stereocenters. The van der Waals surface area contributed by atoms with Gasteiger partial charge < -0.3 is 15.3 Å². The van der Waals surface area contributed by atoms with Gasteiger partial charge in [-0.1, -0.05) is 44.2 Å². The number of aryl methyl sites for hydroxylation is 1.